The van der Waals surface area contributed by atoms with Gasteiger partial charge in [0.25, 0.3) is 0 Å². The highest BCUT2D eigenvalue weighted by Gasteiger charge is 2.41. The van der Waals surface area contributed by atoms with Crippen molar-refractivity contribution in [2.45, 2.75) is 39.6 Å². The predicted molar refractivity (Wildman–Crippen MR) is 45.8 cm³/mol. The van der Waals surface area contributed by atoms with Gasteiger partial charge in [-0.2, -0.15) is 0 Å². The maximum atomic E-state index is 9.00. The van der Waals surface area contributed by atoms with Gasteiger partial charge >= 0.3 is 0 Å². The summed E-state index contributed by atoms with van der Waals surface area (Å²) in [5, 5.41) is 9.00. The number of ether oxygens (including phenoxy) is 2. The second-order valence-electron chi connectivity index (χ2n) is 4.73. The van der Waals surface area contributed by atoms with Crippen molar-refractivity contribution >= 4 is 0 Å². The van der Waals surface area contributed by atoms with Crippen LogP contribution in [0.15, 0.2) is 0 Å². The predicted octanol–water partition coefficient (Wildman–Crippen LogP) is 1.16. The molecule has 2 atom stereocenters. The lowest BCUT2D eigenvalue weighted by Crippen LogP contribution is -2.35. The Morgan fingerprint density at radius 3 is 2.33 bits per heavy atom. The molecule has 0 radical (unpaired) electrons. The Morgan fingerprint density at radius 2 is 2.08 bits per heavy atom. The summed E-state index contributed by atoms with van der Waals surface area (Å²) in [6.45, 7) is 8.52. The van der Waals surface area contributed by atoms with Crippen LogP contribution in [0.3, 0.4) is 0 Å². The standard InChI is InChI=1S/C9H18O3/c1-8(2,3)7-11-6-9(4,5-10)12-7/h7,10H,5-6H2,1-4H3/t7-,9-/m1/s1. The van der Waals surface area contributed by atoms with Gasteiger partial charge in [0, 0.05) is 5.41 Å². The number of hydrogen-bond donors (Lipinski definition) is 1. The zero-order valence-electron chi connectivity index (χ0n) is 8.26. The van der Waals surface area contributed by atoms with Gasteiger partial charge in [-0.25, -0.2) is 0 Å². The molecule has 0 aromatic rings. The first-order valence-corrected chi connectivity index (χ1v) is 4.28. The van der Waals surface area contributed by atoms with Gasteiger partial charge in [-0.15, -0.1) is 0 Å². The molecular formula is C9H18O3. The van der Waals surface area contributed by atoms with Crippen LogP contribution >= 0.6 is 0 Å². The van der Waals surface area contributed by atoms with Crippen LogP contribution in [-0.2, 0) is 9.47 Å². The monoisotopic (exact) mass is 174 g/mol. The van der Waals surface area contributed by atoms with E-state index < -0.39 is 5.60 Å². The lowest BCUT2D eigenvalue weighted by Gasteiger charge is -2.27. The third-order valence-corrected chi connectivity index (χ3v) is 1.97. The van der Waals surface area contributed by atoms with Crippen molar-refractivity contribution in [3.05, 3.63) is 0 Å². The Bertz CT molecular complexity index is 162. The number of aliphatic hydroxyl groups excluding tert-OH is 1. The topological polar surface area (TPSA) is 38.7 Å². The van der Waals surface area contributed by atoms with E-state index in [0.717, 1.165) is 0 Å². The SMILES string of the molecule is CC(C)(C)[C@@H]1OC[C@@](C)(CO)O1. The van der Waals surface area contributed by atoms with Crippen molar-refractivity contribution < 1.29 is 14.6 Å². The molecule has 1 heterocycles. The van der Waals surface area contributed by atoms with Gasteiger partial charge in [0.1, 0.15) is 5.60 Å². The lowest BCUT2D eigenvalue weighted by atomic mass is 9.96. The van der Waals surface area contributed by atoms with Crippen LogP contribution in [0, 0.1) is 5.41 Å². The molecule has 0 aromatic heterocycles. The van der Waals surface area contributed by atoms with Crippen molar-refractivity contribution in [2.24, 2.45) is 5.41 Å². The highest BCUT2D eigenvalue weighted by Crippen LogP contribution is 2.33. The Kier molecular flexibility index (Phi) is 2.47. The molecule has 1 saturated heterocycles. The van der Waals surface area contributed by atoms with E-state index >= 15 is 0 Å². The van der Waals surface area contributed by atoms with Gasteiger partial charge in [0.2, 0.25) is 0 Å². The molecule has 0 aliphatic carbocycles. The highest BCUT2D eigenvalue weighted by molar-refractivity contribution is 4.83. The smallest absolute Gasteiger partial charge is 0.163 e. The van der Waals surface area contributed by atoms with Crippen LogP contribution in [0.25, 0.3) is 0 Å². The minimum atomic E-state index is -0.502. The maximum Gasteiger partial charge on any atom is 0.163 e. The van der Waals surface area contributed by atoms with E-state index in [1.54, 1.807) is 0 Å². The van der Waals surface area contributed by atoms with Gasteiger partial charge in [0.15, 0.2) is 6.29 Å². The van der Waals surface area contributed by atoms with Crippen molar-refractivity contribution in [3.63, 3.8) is 0 Å². The summed E-state index contributed by atoms with van der Waals surface area (Å²) < 4.78 is 11.0. The second-order valence-corrected chi connectivity index (χ2v) is 4.73. The first-order valence-electron chi connectivity index (χ1n) is 4.28. The number of aliphatic hydroxyl groups is 1. The second kappa shape index (κ2) is 2.98. The zero-order valence-corrected chi connectivity index (χ0v) is 8.26. The van der Waals surface area contributed by atoms with E-state index in [1.165, 1.54) is 0 Å². The first-order chi connectivity index (χ1) is 5.37. The molecule has 3 nitrogen and oxygen atoms in total. The van der Waals surface area contributed by atoms with E-state index in [4.69, 9.17) is 14.6 Å². The van der Waals surface area contributed by atoms with Crippen LogP contribution in [-0.4, -0.2) is 30.2 Å². The zero-order chi connectivity index (χ0) is 9.41. The summed E-state index contributed by atoms with van der Waals surface area (Å²) >= 11 is 0. The van der Waals surface area contributed by atoms with Gasteiger partial charge < -0.3 is 14.6 Å². The molecule has 12 heavy (non-hydrogen) atoms. The molecule has 0 amide bonds. The fourth-order valence-corrected chi connectivity index (χ4v) is 1.09. The quantitative estimate of drug-likeness (QED) is 0.648. The molecule has 0 spiro atoms. The minimum absolute atomic E-state index is 0.0135. The normalized spacial score (nSPS) is 37.2. The van der Waals surface area contributed by atoms with E-state index in [1.807, 2.05) is 6.92 Å². The third-order valence-electron chi connectivity index (χ3n) is 1.97. The molecule has 0 aromatic carbocycles. The Labute approximate surface area is 73.7 Å². The summed E-state index contributed by atoms with van der Waals surface area (Å²) in [5.41, 5.74) is -0.523. The average Bonchev–Trinajstić information content (AvgIpc) is 2.32. The van der Waals surface area contributed by atoms with Crippen molar-refractivity contribution in [1.29, 1.82) is 0 Å². The molecule has 0 bridgehead atoms. The Morgan fingerprint density at radius 1 is 1.50 bits per heavy atom. The molecule has 0 unspecified atom stereocenters. The molecule has 1 rings (SSSR count). The summed E-state index contributed by atoms with van der Waals surface area (Å²) in [5.74, 6) is 0. The van der Waals surface area contributed by atoms with Crippen LogP contribution in [0.5, 0.6) is 0 Å². The van der Waals surface area contributed by atoms with Crippen molar-refractivity contribution in [2.75, 3.05) is 13.2 Å². The van der Waals surface area contributed by atoms with Gasteiger partial charge in [-0.05, 0) is 6.92 Å². The van der Waals surface area contributed by atoms with E-state index in [2.05, 4.69) is 20.8 Å². The molecule has 1 aliphatic rings. The summed E-state index contributed by atoms with van der Waals surface area (Å²) in [7, 11) is 0. The van der Waals surface area contributed by atoms with E-state index in [-0.39, 0.29) is 18.3 Å². The van der Waals surface area contributed by atoms with Gasteiger partial charge in [-0.3, -0.25) is 0 Å². The molecular weight excluding hydrogens is 156 g/mol. The maximum absolute atomic E-state index is 9.00. The number of hydrogen-bond acceptors (Lipinski definition) is 3. The Balaban J connectivity index is 2.57. The van der Waals surface area contributed by atoms with Crippen LogP contribution < -0.4 is 0 Å². The van der Waals surface area contributed by atoms with E-state index in [0.29, 0.717) is 6.61 Å². The van der Waals surface area contributed by atoms with Crippen molar-refractivity contribution in [1.82, 2.24) is 0 Å². The molecule has 72 valence electrons. The van der Waals surface area contributed by atoms with E-state index in [9.17, 15) is 0 Å². The molecule has 1 aliphatic heterocycles. The van der Waals surface area contributed by atoms with Crippen LogP contribution in [0.1, 0.15) is 27.7 Å². The third kappa shape index (κ3) is 1.97. The minimum Gasteiger partial charge on any atom is -0.393 e. The molecule has 1 fully saturated rings. The average molecular weight is 174 g/mol. The van der Waals surface area contributed by atoms with Gasteiger partial charge in [-0.1, -0.05) is 20.8 Å². The summed E-state index contributed by atoms with van der Waals surface area (Å²) in [6.07, 6.45) is -0.199. The molecule has 1 N–H and O–H groups in total. The number of rotatable bonds is 1. The van der Waals surface area contributed by atoms with Crippen LogP contribution in [0.2, 0.25) is 0 Å². The molecule has 3 heteroatoms. The fraction of sp³-hybridized carbons (Fsp3) is 1.00. The van der Waals surface area contributed by atoms with Gasteiger partial charge in [0.05, 0.1) is 13.2 Å². The first kappa shape index (κ1) is 9.96. The summed E-state index contributed by atoms with van der Waals surface area (Å²) in [4.78, 5) is 0. The molecule has 0 saturated carbocycles. The summed E-state index contributed by atoms with van der Waals surface area (Å²) in [6, 6.07) is 0. The largest absolute Gasteiger partial charge is 0.393 e. The lowest BCUT2D eigenvalue weighted by molar-refractivity contribution is -0.149. The fourth-order valence-electron chi connectivity index (χ4n) is 1.09. The van der Waals surface area contributed by atoms with Crippen molar-refractivity contribution in [3.8, 4) is 0 Å². The Hall–Kier alpha value is -0.120. The highest BCUT2D eigenvalue weighted by atomic mass is 16.7. The van der Waals surface area contributed by atoms with Crippen LogP contribution in [0.4, 0.5) is 0 Å².